The number of fused-ring (bicyclic) bond motifs is 3. The largest absolute Gasteiger partial charge is 0.269 e. The first-order valence-electron chi connectivity index (χ1n) is 6.40. The molecule has 5 heteroatoms. The lowest BCUT2D eigenvalue weighted by molar-refractivity contribution is 1.18. The van der Waals surface area contributed by atoms with Gasteiger partial charge < -0.3 is 0 Å². The van der Waals surface area contributed by atoms with Gasteiger partial charge in [-0.25, -0.2) is 4.98 Å². The van der Waals surface area contributed by atoms with Gasteiger partial charge in [0.15, 0.2) is 4.96 Å². The van der Waals surface area contributed by atoms with Gasteiger partial charge in [0.05, 0.1) is 11.0 Å². The van der Waals surface area contributed by atoms with E-state index in [4.69, 9.17) is 0 Å². The maximum Gasteiger partial charge on any atom is 0.258 e. The Morgan fingerprint density at radius 1 is 1.05 bits per heavy atom. The molecule has 2 aromatic heterocycles. The molecule has 0 saturated carbocycles. The molecule has 0 aliphatic heterocycles. The Kier molecular flexibility index (Phi) is 2.90. The second-order valence-electron chi connectivity index (χ2n) is 4.65. The molecular weight excluding hydrogens is 348 g/mol. The SMILES string of the molecule is O=c1cc(-c2ccccc2Br)sc2nc3ccccc3n12. The minimum atomic E-state index is -0.0526. The second-order valence-corrected chi connectivity index (χ2v) is 6.51. The molecule has 0 N–H and O–H groups in total. The average Bonchev–Trinajstić information content (AvgIpc) is 2.86. The van der Waals surface area contributed by atoms with Crippen molar-refractivity contribution in [1.82, 2.24) is 9.38 Å². The van der Waals surface area contributed by atoms with Crippen molar-refractivity contribution in [3.05, 3.63) is 69.4 Å². The molecule has 0 saturated heterocycles. The molecule has 0 unspecified atom stereocenters. The number of nitrogens with zero attached hydrogens (tertiary/aromatic N) is 2. The Morgan fingerprint density at radius 2 is 1.81 bits per heavy atom. The van der Waals surface area contributed by atoms with E-state index in [-0.39, 0.29) is 5.56 Å². The third kappa shape index (κ3) is 2.01. The summed E-state index contributed by atoms with van der Waals surface area (Å²) in [5.41, 5.74) is 2.65. The Morgan fingerprint density at radius 3 is 2.67 bits per heavy atom. The van der Waals surface area contributed by atoms with E-state index >= 15 is 0 Å². The van der Waals surface area contributed by atoms with Crippen LogP contribution in [-0.2, 0) is 0 Å². The van der Waals surface area contributed by atoms with Gasteiger partial charge in [0, 0.05) is 21.0 Å². The van der Waals surface area contributed by atoms with Crippen LogP contribution in [0.3, 0.4) is 0 Å². The molecule has 0 bridgehead atoms. The molecule has 2 heterocycles. The summed E-state index contributed by atoms with van der Waals surface area (Å²) < 4.78 is 2.64. The maximum absolute atomic E-state index is 12.5. The number of halogens is 1. The zero-order valence-corrected chi connectivity index (χ0v) is 13.2. The van der Waals surface area contributed by atoms with E-state index < -0.39 is 0 Å². The van der Waals surface area contributed by atoms with Gasteiger partial charge in [-0.2, -0.15) is 0 Å². The zero-order chi connectivity index (χ0) is 14.4. The standard InChI is InChI=1S/C16H9BrN2OS/c17-11-6-2-1-5-10(11)14-9-15(20)19-13-8-4-3-7-12(13)18-16(19)21-14/h1-9H. The first-order valence-corrected chi connectivity index (χ1v) is 8.01. The fourth-order valence-electron chi connectivity index (χ4n) is 2.38. The normalized spacial score (nSPS) is 11.3. The number of benzene rings is 2. The van der Waals surface area contributed by atoms with Gasteiger partial charge in [0.25, 0.3) is 5.56 Å². The fraction of sp³-hybridized carbons (Fsp3) is 0. The predicted molar refractivity (Wildman–Crippen MR) is 90.0 cm³/mol. The smallest absolute Gasteiger partial charge is 0.258 e. The van der Waals surface area contributed by atoms with Gasteiger partial charge >= 0.3 is 0 Å². The monoisotopic (exact) mass is 356 g/mol. The van der Waals surface area contributed by atoms with Crippen LogP contribution in [0.15, 0.2) is 63.9 Å². The minimum Gasteiger partial charge on any atom is -0.269 e. The summed E-state index contributed by atoms with van der Waals surface area (Å²) in [6.45, 7) is 0. The summed E-state index contributed by atoms with van der Waals surface area (Å²) >= 11 is 5.05. The van der Waals surface area contributed by atoms with E-state index in [1.54, 1.807) is 10.5 Å². The highest BCUT2D eigenvalue weighted by atomic mass is 79.9. The number of para-hydroxylation sites is 2. The topological polar surface area (TPSA) is 34.4 Å². The Labute approximate surface area is 132 Å². The summed E-state index contributed by atoms with van der Waals surface area (Å²) in [5, 5.41) is 0. The van der Waals surface area contributed by atoms with Gasteiger partial charge in [-0.3, -0.25) is 9.20 Å². The quantitative estimate of drug-likeness (QED) is 0.508. The van der Waals surface area contributed by atoms with Gasteiger partial charge in [-0.05, 0) is 18.2 Å². The second kappa shape index (κ2) is 4.79. The highest BCUT2D eigenvalue weighted by molar-refractivity contribution is 9.10. The molecule has 102 valence electrons. The van der Waals surface area contributed by atoms with Gasteiger partial charge in [-0.15, -0.1) is 0 Å². The highest BCUT2D eigenvalue weighted by Crippen LogP contribution is 2.32. The van der Waals surface area contributed by atoms with Crippen LogP contribution >= 0.6 is 27.3 Å². The van der Waals surface area contributed by atoms with Crippen LogP contribution < -0.4 is 5.56 Å². The summed E-state index contributed by atoms with van der Waals surface area (Å²) in [7, 11) is 0. The van der Waals surface area contributed by atoms with Crippen LogP contribution in [0.25, 0.3) is 26.4 Å². The molecule has 4 aromatic rings. The van der Waals surface area contributed by atoms with Crippen LogP contribution in [0.2, 0.25) is 0 Å². The van der Waals surface area contributed by atoms with Crippen molar-refractivity contribution < 1.29 is 0 Å². The maximum atomic E-state index is 12.5. The fourth-order valence-corrected chi connectivity index (χ4v) is 4.08. The van der Waals surface area contributed by atoms with Gasteiger partial charge in [-0.1, -0.05) is 57.6 Å². The summed E-state index contributed by atoms with van der Waals surface area (Å²) in [6.07, 6.45) is 0. The molecule has 2 aromatic carbocycles. The van der Waals surface area contributed by atoms with E-state index in [1.165, 1.54) is 11.3 Å². The first-order chi connectivity index (χ1) is 10.2. The number of rotatable bonds is 1. The van der Waals surface area contributed by atoms with E-state index in [0.29, 0.717) is 0 Å². The molecule has 0 atom stereocenters. The Bertz CT molecular complexity index is 1040. The molecule has 4 rings (SSSR count). The lowest BCUT2D eigenvalue weighted by atomic mass is 10.2. The number of imidazole rings is 1. The molecule has 0 spiro atoms. The molecule has 0 aliphatic rings. The van der Waals surface area contributed by atoms with Crippen molar-refractivity contribution in [1.29, 1.82) is 0 Å². The summed E-state index contributed by atoms with van der Waals surface area (Å²) in [4.78, 5) is 18.7. The molecule has 21 heavy (non-hydrogen) atoms. The van der Waals surface area contributed by atoms with E-state index in [2.05, 4.69) is 20.9 Å². The number of aromatic nitrogens is 2. The lowest BCUT2D eigenvalue weighted by Gasteiger charge is -2.03. The molecule has 0 radical (unpaired) electrons. The summed E-state index contributed by atoms with van der Waals surface area (Å²) in [6, 6.07) is 17.2. The van der Waals surface area contributed by atoms with Crippen LogP contribution in [0.5, 0.6) is 0 Å². The Hall–Kier alpha value is -1.98. The number of hydrogen-bond acceptors (Lipinski definition) is 3. The van der Waals surface area contributed by atoms with Crippen molar-refractivity contribution in [2.75, 3.05) is 0 Å². The Balaban J connectivity index is 2.09. The lowest BCUT2D eigenvalue weighted by Crippen LogP contribution is -2.09. The van der Waals surface area contributed by atoms with Crippen molar-refractivity contribution in [3.63, 3.8) is 0 Å². The van der Waals surface area contributed by atoms with Crippen LogP contribution in [-0.4, -0.2) is 9.38 Å². The van der Waals surface area contributed by atoms with E-state index in [9.17, 15) is 4.79 Å². The minimum absolute atomic E-state index is 0.0526. The molecule has 0 fully saturated rings. The van der Waals surface area contributed by atoms with Gasteiger partial charge in [0.2, 0.25) is 0 Å². The van der Waals surface area contributed by atoms with Crippen molar-refractivity contribution in [2.45, 2.75) is 0 Å². The molecule has 3 nitrogen and oxygen atoms in total. The predicted octanol–water partition coefficient (Wildman–Crippen LogP) is 4.34. The average molecular weight is 357 g/mol. The van der Waals surface area contributed by atoms with Crippen molar-refractivity contribution >= 4 is 43.3 Å². The highest BCUT2D eigenvalue weighted by Gasteiger charge is 2.11. The zero-order valence-electron chi connectivity index (χ0n) is 10.8. The third-order valence-electron chi connectivity index (χ3n) is 3.35. The van der Waals surface area contributed by atoms with E-state index in [0.717, 1.165) is 30.9 Å². The van der Waals surface area contributed by atoms with Gasteiger partial charge in [0.1, 0.15) is 0 Å². The molecular formula is C16H9BrN2OS. The van der Waals surface area contributed by atoms with Crippen molar-refractivity contribution in [3.8, 4) is 10.4 Å². The number of hydrogen-bond donors (Lipinski definition) is 0. The van der Waals surface area contributed by atoms with Crippen LogP contribution in [0.4, 0.5) is 0 Å². The molecule has 0 amide bonds. The van der Waals surface area contributed by atoms with Crippen molar-refractivity contribution in [2.24, 2.45) is 0 Å². The van der Waals surface area contributed by atoms with E-state index in [1.807, 2.05) is 48.5 Å². The first kappa shape index (κ1) is 12.7. The van der Waals surface area contributed by atoms with Crippen LogP contribution in [0.1, 0.15) is 0 Å². The third-order valence-corrected chi connectivity index (χ3v) is 5.05. The summed E-state index contributed by atoms with van der Waals surface area (Å²) in [5.74, 6) is 0. The molecule has 0 aliphatic carbocycles. The van der Waals surface area contributed by atoms with Crippen LogP contribution in [0, 0.1) is 0 Å².